The summed E-state index contributed by atoms with van der Waals surface area (Å²) in [5.41, 5.74) is 8.06. The third-order valence-electron chi connectivity index (χ3n) is 4.12. The van der Waals surface area contributed by atoms with E-state index in [1.807, 2.05) is 74.0 Å². The molecular formula is C20H24N4O2. The maximum absolute atomic E-state index is 12.3. The molecule has 1 amide bonds. The molecule has 1 atom stereocenters. The SMILES string of the molecule is CC(C)(C)[C@H](N)C(=O)Nc1cccc(OCc2cn3ccccc3n2)c1. The lowest BCUT2D eigenvalue weighted by atomic mass is 9.87. The van der Waals surface area contributed by atoms with Crippen LogP contribution in [0.1, 0.15) is 26.5 Å². The van der Waals surface area contributed by atoms with Crippen LogP contribution >= 0.6 is 0 Å². The van der Waals surface area contributed by atoms with Crippen LogP contribution < -0.4 is 15.8 Å². The molecule has 6 nitrogen and oxygen atoms in total. The van der Waals surface area contributed by atoms with Gasteiger partial charge in [0.05, 0.1) is 11.7 Å². The molecule has 0 aliphatic carbocycles. The standard InChI is InChI=1S/C20H24N4O2/c1-20(2,3)18(21)19(25)23-14-7-6-8-16(11-14)26-13-15-12-24-10-5-4-9-17(24)22-15/h4-12,18H,13,21H2,1-3H3,(H,23,25)/t18-/m1/s1. The van der Waals surface area contributed by atoms with Gasteiger partial charge >= 0.3 is 0 Å². The van der Waals surface area contributed by atoms with Gasteiger partial charge in [0, 0.05) is 24.1 Å². The fourth-order valence-corrected chi connectivity index (χ4v) is 2.49. The van der Waals surface area contributed by atoms with Crippen molar-refractivity contribution in [2.24, 2.45) is 11.1 Å². The van der Waals surface area contributed by atoms with Crippen molar-refractivity contribution in [2.45, 2.75) is 33.4 Å². The van der Waals surface area contributed by atoms with Crippen molar-refractivity contribution in [2.75, 3.05) is 5.32 Å². The van der Waals surface area contributed by atoms with E-state index in [-0.39, 0.29) is 11.3 Å². The van der Waals surface area contributed by atoms with Crippen LogP contribution in [-0.2, 0) is 11.4 Å². The highest BCUT2D eigenvalue weighted by molar-refractivity contribution is 5.95. The van der Waals surface area contributed by atoms with E-state index >= 15 is 0 Å². The van der Waals surface area contributed by atoms with E-state index in [1.165, 1.54) is 0 Å². The van der Waals surface area contributed by atoms with Crippen LogP contribution in [0.25, 0.3) is 5.65 Å². The largest absolute Gasteiger partial charge is 0.487 e. The van der Waals surface area contributed by atoms with Gasteiger partial charge in [-0.2, -0.15) is 0 Å². The molecule has 0 saturated heterocycles. The number of carbonyl (C=O) groups excluding carboxylic acids is 1. The molecule has 0 aliphatic heterocycles. The van der Waals surface area contributed by atoms with Crippen LogP contribution in [0.4, 0.5) is 5.69 Å². The topological polar surface area (TPSA) is 81.7 Å². The number of benzene rings is 1. The number of carbonyl (C=O) groups is 1. The van der Waals surface area contributed by atoms with Gasteiger partial charge in [0.15, 0.2) is 0 Å². The predicted molar refractivity (Wildman–Crippen MR) is 102 cm³/mol. The summed E-state index contributed by atoms with van der Waals surface area (Å²) < 4.78 is 7.76. The lowest BCUT2D eigenvalue weighted by Crippen LogP contribution is -2.45. The molecule has 0 radical (unpaired) electrons. The van der Waals surface area contributed by atoms with E-state index < -0.39 is 6.04 Å². The molecule has 2 aromatic heterocycles. The maximum Gasteiger partial charge on any atom is 0.241 e. The van der Waals surface area contributed by atoms with Gasteiger partial charge in [-0.3, -0.25) is 4.79 Å². The van der Waals surface area contributed by atoms with Crippen molar-refractivity contribution in [3.63, 3.8) is 0 Å². The molecule has 26 heavy (non-hydrogen) atoms. The molecule has 0 bridgehead atoms. The predicted octanol–water partition coefficient (Wildman–Crippen LogP) is 3.23. The highest BCUT2D eigenvalue weighted by Gasteiger charge is 2.27. The Morgan fingerprint density at radius 1 is 1.27 bits per heavy atom. The zero-order chi connectivity index (χ0) is 18.7. The first-order valence-electron chi connectivity index (χ1n) is 8.55. The van der Waals surface area contributed by atoms with Crippen molar-refractivity contribution in [3.8, 4) is 5.75 Å². The van der Waals surface area contributed by atoms with E-state index in [9.17, 15) is 4.79 Å². The summed E-state index contributed by atoms with van der Waals surface area (Å²) in [4.78, 5) is 16.8. The molecule has 1 aromatic carbocycles. The average molecular weight is 352 g/mol. The lowest BCUT2D eigenvalue weighted by Gasteiger charge is -2.25. The van der Waals surface area contributed by atoms with E-state index in [2.05, 4.69) is 10.3 Å². The number of amides is 1. The van der Waals surface area contributed by atoms with Gasteiger partial charge in [-0.1, -0.05) is 32.9 Å². The maximum atomic E-state index is 12.3. The Hall–Kier alpha value is -2.86. The fourth-order valence-electron chi connectivity index (χ4n) is 2.49. The Morgan fingerprint density at radius 2 is 2.08 bits per heavy atom. The van der Waals surface area contributed by atoms with Crippen LogP contribution in [0.15, 0.2) is 54.9 Å². The number of nitrogens with one attached hydrogen (secondary N) is 1. The third kappa shape index (κ3) is 4.21. The molecule has 0 unspecified atom stereocenters. The minimum atomic E-state index is -0.593. The average Bonchev–Trinajstić information content (AvgIpc) is 3.02. The van der Waals surface area contributed by atoms with Gasteiger partial charge in [0.2, 0.25) is 5.91 Å². The first-order chi connectivity index (χ1) is 12.3. The smallest absolute Gasteiger partial charge is 0.241 e. The minimum Gasteiger partial charge on any atom is -0.487 e. The van der Waals surface area contributed by atoms with Gasteiger partial charge in [-0.25, -0.2) is 4.98 Å². The highest BCUT2D eigenvalue weighted by Crippen LogP contribution is 2.22. The first kappa shape index (κ1) is 17.9. The van der Waals surface area contributed by atoms with E-state index in [1.54, 1.807) is 6.07 Å². The Bertz CT molecular complexity index is 878. The number of aromatic nitrogens is 2. The summed E-state index contributed by atoms with van der Waals surface area (Å²) in [6, 6.07) is 12.5. The van der Waals surface area contributed by atoms with Crippen molar-refractivity contribution in [3.05, 3.63) is 60.6 Å². The van der Waals surface area contributed by atoms with Crippen molar-refractivity contribution in [1.29, 1.82) is 0 Å². The number of fused-ring (bicyclic) bond motifs is 1. The number of pyridine rings is 1. The van der Waals surface area contributed by atoms with E-state index in [0.29, 0.717) is 18.0 Å². The Morgan fingerprint density at radius 3 is 2.81 bits per heavy atom. The Balaban J connectivity index is 1.64. The molecule has 0 aliphatic rings. The molecule has 3 aromatic rings. The zero-order valence-corrected chi connectivity index (χ0v) is 15.3. The van der Waals surface area contributed by atoms with Crippen molar-refractivity contribution in [1.82, 2.24) is 9.38 Å². The highest BCUT2D eigenvalue weighted by atomic mass is 16.5. The second-order valence-corrected chi connectivity index (χ2v) is 7.35. The molecule has 6 heteroatoms. The summed E-state index contributed by atoms with van der Waals surface area (Å²) in [5.74, 6) is 0.444. The molecule has 136 valence electrons. The van der Waals surface area contributed by atoms with Crippen molar-refractivity contribution >= 4 is 17.2 Å². The number of anilines is 1. The van der Waals surface area contributed by atoms with E-state index in [4.69, 9.17) is 10.5 Å². The van der Waals surface area contributed by atoms with Gasteiger partial charge in [0.1, 0.15) is 18.0 Å². The van der Waals surface area contributed by atoms with E-state index in [0.717, 1.165) is 11.3 Å². The number of nitrogens with zero attached hydrogens (tertiary/aromatic N) is 2. The van der Waals surface area contributed by atoms with Gasteiger partial charge < -0.3 is 20.2 Å². The summed E-state index contributed by atoms with van der Waals surface area (Å²) in [5, 5.41) is 2.84. The van der Waals surface area contributed by atoms with Crippen LogP contribution in [0.5, 0.6) is 5.75 Å². The van der Waals surface area contributed by atoms with Crippen LogP contribution in [0.3, 0.4) is 0 Å². The zero-order valence-electron chi connectivity index (χ0n) is 15.3. The molecule has 3 N–H and O–H groups in total. The van der Waals surface area contributed by atoms with Crippen LogP contribution in [0.2, 0.25) is 0 Å². The van der Waals surface area contributed by atoms with Gasteiger partial charge in [-0.15, -0.1) is 0 Å². The number of ether oxygens (including phenoxy) is 1. The second-order valence-electron chi connectivity index (χ2n) is 7.35. The number of rotatable bonds is 5. The quantitative estimate of drug-likeness (QED) is 0.739. The van der Waals surface area contributed by atoms with Crippen molar-refractivity contribution < 1.29 is 9.53 Å². The molecule has 0 spiro atoms. The van der Waals surface area contributed by atoms with Crippen LogP contribution in [-0.4, -0.2) is 21.3 Å². The van der Waals surface area contributed by atoms with Gasteiger partial charge in [-0.05, 0) is 29.7 Å². The summed E-state index contributed by atoms with van der Waals surface area (Å²) >= 11 is 0. The van der Waals surface area contributed by atoms with Gasteiger partial charge in [0.25, 0.3) is 0 Å². The number of hydrogen-bond donors (Lipinski definition) is 2. The number of hydrogen-bond acceptors (Lipinski definition) is 4. The molecule has 2 heterocycles. The third-order valence-corrected chi connectivity index (χ3v) is 4.12. The number of imidazole rings is 1. The van der Waals surface area contributed by atoms with Crippen LogP contribution in [0, 0.1) is 5.41 Å². The molecule has 0 saturated carbocycles. The summed E-state index contributed by atoms with van der Waals surface area (Å²) in [7, 11) is 0. The Labute approximate surface area is 153 Å². The summed E-state index contributed by atoms with van der Waals surface area (Å²) in [6.07, 6.45) is 3.88. The minimum absolute atomic E-state index is 0.213. The lowest BCUT2D eigenvalue weighted by molar-refractivity contribution is -0.119. The monoisotopic (exact) mass is 352 g/mol. The molecule has 3 rings (SSSR count). The normalized spacial score (nSPS) is 12.8. The first-order valence-corrected chi connectivity index (χ1v) is 8.55. The fraction of sp³-hybridized carbons (Fsp3) is 0.300. The molecule has 0 fully saturated rings. The summed E-state index contributed by atoms with van der Waals surface area (Å²) in [6.45, 7) is 6.16. The Kier molecular flexibility index (Phi) is 4.95. The molecular weight excluding hydrogens is 328 g/mol. The second kappa shape index (κ2) is 7.17. The number of nitrogens with two attached hydrogens (primary N) is 1.